The van der Waals surface area contributed by atoms with Gasteiger partial charge in [-0.15, -0.1) is 0 Å². The van der Waals surface area contributed by atoms with Crippen molar-refractivity contribution in [3.05, 3.63) is 59.2 Å². The summed E-state index contributed by atoms with van der Waals surface area (Å²) in [5.41, 5.74) is 11.6. The Bertz CT molecular complexity index is 498. The molecule has 2 rings (SSSR count). The third-order valence-electron chi connectivity index (χ3n) is 2.76. The number of para-hydroxylation sites is 1. The molecule has 0 unspecified atom stereocenters. The minimum Gasteiger partial charge on any atom is -0.398 e. The van der Waals surface area contributed by atoms with E-state index in [1.54, 1.807) is 0 Å². The first-order chi connectivity index (χ1) is 8.15. The lowest BCUT2D eigenvalue weighted by Gasteiger charge is -2.10. The molecule has 0 aromatic heterocycles. The molecular weight excluding hydrogens is 208 g/mol. The highest BCUT2D eigenvalue weighted by Crippen LogP contribution is 2.16. The maximum atomic E-state index is 5.90. The Morgan fingerprint density at radius 2 is 1.65 bits per heavy atom. The van der Waals surface area contributed by atoms with Gasteiger partial charge in [0.1, 0.15) is 0 Å². The van der Waals surface area contributed by atoms with Gasteiger partial charge < -0.3 is 11.1 Å². The van der Waals surface area contributed by atoms with Crippen molar-refractivity contribution in [1.82, 2.24) is 0 Å². The van der Waals surface area contributed by atoms with E-state index in [0.29, 0.717) is 0 Å². The van der Waals surface area contributed by atoms with Crippen LogP contribution in [0.1, 0.15) is 16.7 Å². The molecule has 0 amide bonds. The number of rotatable bonds is 3. The zero-order valence-corrected chi connectivity index (χ0v) is 10.3. The standard InChI is InChI=1S/C15H18N2/c1-11-7-12(2)9-14(8-11)17-10-13-5-3-4-6-15(13)16/h3-9,17H,10,16H2,1-2H3. The van der Waals surface area contributed by atoms with E-state index in [0.717, 1.165) is 23.5 Å². The van der Waals surface area contributed by atoms with Crippen molar-refractivity contribution in [2.45, 2.75) is 20.4 Å². The number of nitrogens with one attached hydrogen (secondary N) is 1. The molecule has 2 heteroatoms. The Morgan fingerprint density at radius 3 is 2.29 bits per heavy atom. The van der Waals surface area contributed by atoms with Gasteiger partial charge in [-0.25, -0.2) is 0 Å². The molecule has 0 aliphatic heterocycles. The molecule has 88 valence electrons. The summed E-state index contributed by atoms with van der Waals surface area (Å²) < 4.78 is 0. The van der Waals surface area contributed by atoms with E-state index in [9.17, 15) is 0 Å². The average Bonchev–Trinajstić information content (AvgIpc) is 2.27. The van der Waals surface area contributed by atoms with Gasteiger partial charge >= 0.3 is 0 Å². The first kappa shape index (κ1) is 11.5. The minimum atomic E-state index is 0.759. The van der Waals surface area contributed by atoms with Crippen molar-refractivity contribution in [2.75, 3.05) is 11.1 Å². The van der Waals surface area contributed by atoms with E-state index < -0.39 is 0 Å². The molecule has 0 radical (unpaired) electrons. The number of benzene rings is 2. The SMILES string of the molecule is Cc1cc(C)cc(NCc2ccccc2N)c1. The largest absolute Gasteiger partial charge is 0.398 e. The van der Waals surface area contributed by atoms with Crippen LogP contribution in [0.5, 0.6) is 0 Å². The zero-order chi connectivity index (χ0) is 12.3. The quantitative estimate of drug-likeness (QED) is 0.786. The molecule has 0 aliphatic rings. The fraction of sp³-hybridized carbons (Fsp3) is 0.200. The van der Waals surface area contributed by atoms with Crippen molar-refractivity contribution in [3.8, 4) is 0 Å². The zero-order valence-electron chi connectivity index (χ0n) is 10.3. The van der Waals surface area contributed by atoms with Gasteiger partial charge in [0.2, 0.25) is 0 Å². The number of nitrogen functional groups attached to an aromatic ring is 1. The predicted octanol–water partition coefficient (Wildman–Crippen LogP) is 3.50. The maximum Gasteiger partial charge on any atom is 0.0421 e. The van der Waals surface area contributed by atoms with Crippen LogP contribution in [0.15, 0.2) is 42.5 Å². The summed E-state index contributed by atoms with van der Waals surface area (Å²) in [6.07, 6.45) is 0. The number of hydrogen-bond acceptors (Lipinski definition) is 2. The summed E-state index contributed by atoms with van der Waals surface area (Å²) in [4.78, 5) is 0. The summed E-state index contributed by atoms with van der Waals surface area (Å²) in [6.45, 7) is 4.97. The summed E-state index contributed by atoms with van der Waals surface area (Å²) in [7, 11) is 0. The third kappa shape index (κ3) is 3.00. The van der Waals surface area contributed by atoms with Crippen molar-refractivity contribution in [3.63, 3.8) is 0 Å². The molecule has 2 aromatic rings. The molecule has 2 aromatic carbocycles. The summed E-state index contributed by atoms with van der Waals surface area (Å²) in [5.74, 6) is 0. The second-order valence-corrected chi connectivity index (χ2v) is 4.43. The van der Waals surface area contributed by atoms with E-state index in [2.05, 4.69) is 37.4 Å². The molecule has 0 saturated heterocycles. The maximum absolute atomic E-state index is 5.90. The highest BCUT2D eigenvalue weighted by molar-refractivity contribution is 5.52. The van der Waals surface area contributed by atoms with Crippen LogP contribution in [0.4, 0.5) is 11.4 Å². The predicted molar refractivity (Wildman–Crippen MR) is 74.1 cm³/mol. The van der Waals surface area contributed by atoms with Gasteiger partial charge in [0.05, 0.1) is 0 Å². The van der Waals surface area contributed by atoms with Gasteiger partial charge in [-0.05, 0) is 48.7 Å². The van der Waals surface area contributed by atoms with Crippen LogP contribution in [-0.4, -0.2) is 0 Å². The van der Waals surface area contributed by atoms with Gasteiger partial charge in [0.25, 0.3) is 0 Å². The second kappa shape index (κ2) is 4.91. The van der Waals surface area contributed by atoms with Crippen LogP contribution >= 0.6 is 0 Å². The first-order valence-electron chi connectivity index (χ1n) is 5.81. The summed E-state index contributed by atoms with van der Waals surface area (Å²) in [5, 5.41) is 3.40. The fourth-order valence-electron chi connectivity index (χ4n) is 1.97. The van der Waals surface area contributed by atoms with E-state index >= 15 is 0 Å². The lowest BCUT2D eigenvalue weighted by Crippen LogP contribution is -2.03. The second-order valence-electron chi connectivity index (χ2n) is 4.43. The molecule has 0 heterocycles. The highest BCUT2D eigenvalue weighted by atomic mass is 14.9. The molecule has 17 heavy (non-hydrogen) atoms. The Labute approximate surface area is 102 Å². The van der Waals surface area contributed by atoms with Crippen molar-refractivity contribution in [2.24, 2.45) is 0 Å². The van der Waals surface area contributed by atoms with Gasteiger partial charge in [-0.1, -0.05) is 24.3 Å². The molecule has 0 saturated carbocycles. The Morgan fingerprint density at radius 1 is 1.00 bits per heavy atom. The molecule has 3 N–H and O–H groups in total. The van der Waals surface area contributed by atoms with E-state index in [4.69, 9.17) is 5.73 Å². The smallest absolute Gasteiger partial charge is 0.0421 e. The molecule has 0 fully saturated rings. The fourth-order valence-corrected chi connectivity index (χ4v) is 1.97. The van der Waals surface area contributed by atoms with Gasteiger partial charge in [0.15, 0.2) is 0 Å². The van der Waals surface area contributed by atoms with Crippen LogP contribution in [0.25, 0.3) is 0 Å². The highest BCUT2D eigenvalue weighted by Gasteiger charge is 1.99. The molecule has 2 nitrogen and oxygen atoms in total. The number of aryl methyl sites for hydroxylation is 2. The van der Waals surface area contributed by atoms with Crippen LogP contribution in [0.2, 0.25) is 0 Å². The molecule has 0 spiro atoms. The van der Waals surface area contributed by atoms with E-state index in [1.165, 1.54) is 11.1 Å². The monoisotopic (exact) mass is 226 g/mol. The van der Waals surface area contributed by atoms with Crippen LogP contribution in [-0.2, 0) is 6.54 Å². The summed E-state index contributed by atoms with van der Waals surface area (Å²) >= 11 is 0. The van der Waals surface area contributed by atoms with Crippen LogP contribution < -0.4 is 11.1 Å². The van der Waals surface area contributed by atoms with Crippen LogP contribution in [0.3, 0.4) is 0 Å². The lowest BCUT2D eigenvalue weighted by atomic mass is 10.1. The van der Waals surface area contributed by atoms with Crippen molar-refractivity contribution >= 4 is 11.4 Å². The Hall–Kier alpha value is -1.96. The summed E-state index contributed by atoms with van der Waals surface area (Å²) in [6, 6.07) is 14.4. The van der Waals surface area contributed by atoms with Gasteiger partial charge in [-0.2, -0.15) is 0 Å². The molecule has 0 atom stereocenters. The number of anilines is 2. The van der Waals surface area contributed by atoms with E-state index in [1.807, 2.05) is 24.3 Å². The minimum absolute atomic E-state index is 0.759. The van der Waals surface area contributed by atoms with Gasteiger partial charge in [0, 0.05) is 17.9 Å². The molecule has 0 bridgehead atoms. The lowest BCUT2D eigenvalue weighted by molar-refractivity contribution is 1.15. The Kier molecular flexibility index (Phi) is 3.33. The van der Waals surface area contributed by atoms with Gasteiger partial charge in [-0.3, -0.25) is 0 Å². The van der Waals surface area contributed by atoms with Crippen molar-refractivity contribution < 1.29 is 0 Å². The number of nitrogens with two attached hydrogens (primary N) is 1. The van der Waals surface area contributed by atoms with Crippen molar-refractivity contribution in [1.29, 1.82) is 0 Å². The molecular formula is C15H18N2. The Balaban J connectivity index is 2.10. The first-order valence-corrected chi connectivity index (χ1v) is 5.81. The topological polar surface area (TPSA) is 38.0 Å². The van der Waals surface area contributed by atoms with Crippen LogP contribution in [0, 0.1) is 13.8 Å². The third-order valence-corrected chi connectivity index (χ3v) is 2.76. The molecule has 0 aliphatic carbocycles. The normalized spacial score (nSPS) is 10.2. The number of hydrogen-bond donors (Lipinski definition) is 2. The average molecular weight is 226 g/mol. The van der Waals surface area contributed by atoms with E-state index in [-0.39, 0.29) is 0 Å².